The molecule has 1 fully saturated rings. The summed E-state index contributed by atoms with van der Waals surface area (Å²) >= 11 is 0. The highest BCUT2D eigenvalue weighted by atomic mass is 16.5. The van der Waals surface area contributed by atoms with Gasteiger partial charge in [-0.1, -0.05) is 12.1 Å². The third kappa shape index (κ3) is 6.08. The Morgan fingerprint density at radius 2 is 2.11 bits per heavy atom. The van der Waals surface area contributed by atoms with Crippen molar-refractivity contribution >= 4 is 0 Å². The second-order valence-corrected chi connectivity index (χ2v) is 5.32. The maximum absolute atomic E-state index is 5.78. The predicted octanol–water partition coefficient (Wildman–Crippen LogP) is 2.71. The van der Waals surface area contributed by atoms with E-state index in [1.807, 2.05) is 13.1 Å². The Morgan fingerprint density at radius 1 is 1.21 bits per heavy atom. The molecule has 106 valence electrons. The summed E-state index contributed by atoms with van der Waals surface area (Å²) in [5.74, 6) is 0.990. The van der Waals surface area contributed by atoms with Gasteiger partial charge < -0.3 is 15.4 Å². The summed E-state index contributed by atoms with van der Waals surface area (Å²) in [6, 6.07) is 9.17. The maximum Gasteiger partial charge on any atom is 0.119 e. The second kappa shape index (κ2) is 8.18. The molecule has 0 spiro atoms. The largest absolute Gasteiger partial charge is 0.494 e. The molecule has 3 heteroatoms. The molecule has 1 aliphatic carbocycles. The van der Waals surface area contributed by atoms with Gasteiger partial charge in [0.2, 0.25) is 0 Å². The normalized spacial score (nSPS) is 14.6. The van der Waals surface area contributed by atoms with Crippen molar-refractivity contribution in [3.05, 3.63) is 29.8 Å². The van der Waals surface area contributed by atoms with Crippen molar-refractivity contribution in [3.63, 3.8) is 0 Å². The first-order valence-corrected chi connectivity index (χ1v) is 7.48. The molecule has 0 saturated heterocycles. The van der Waals surface area contributed by atoms with Gasteiger partial charge in [-0.05, 0) is 63.4 Å². The molecule has 1 saturated carbocycles. The van der Waals surface area contributed by atoms with Crippen LogP contribution >= 0.6 is 0 Å². The fourth-order valence-electron chi connectivity index (χ4n) is 2.14. The third-order valence-electron chi connectivity index (χ3n) is 3.38. The summed E-state index contributed by atoms with van der Waals surface area (Å²) in [4.78, 5) is 0. The van der Waals surface area contributed by atoms with Gasteiger partial charge in [-0.3, -0.25) is 0 Å². The van der Waals surface area contributed by atoms with Gasteiger partial charge in [0.25, 0.3) is 0 Å². The highest BCUT2D eigenvalue weighted by Crippen LogP contribution is 2.18. The molecule has 0 atom stereocenters. The lowest BCUT2D eigenvalue weighted by atomic mass is 10.2. The minimum Gasteiger partial charge on any atom is -0.494 e. The molecule has 0 heterocycles. The van der Waals surface area contributed by atoms with Crippen LogP contribution in [0.5, 0.6) is 5.75 Å². The zero-order chi connectivity index (χ0) is 13.3. The third-order valence-corrected chi connectivity index (χ3v) is 3.38. The van der Waals surface area contributed by atoms with Crippen molar-refractivity contribution in [2.75, 3.05) is 20.2 Å². The molecule has 0 radical (unpaired) electrons. The molecule has 0 amide bonds. The smallest absolute Gasteiger partial charge is 0.119 e. The number of hydrogen-bond donors (Lipinski definition) is 2. The molecule has 2 N–H and O–H groups in total. The summed E-state index contributed by atoms with van der Waals surface area (Å²) < 4.78 is 5.78. The minimum atomic E-state index is 0.826. The number of hydrogen-bond acceptors (Lipinski definition) is 3. The van der Waals surface area contributed by atoms with Gasteiger partial charge in [0.1, 0.15) is 5.75 Å². The zero-order valence-corrected chi connectivity index (χ0v) is 12.0. The van der Waals surface area contributed by atoms with E-state index in [1.165, 1.54) is 37.8 Å². The van der Waals surface area contributed by atoms with Gasteiger partial charge in [0, 0.05) is 12.6 Å². The van der Waals surface area contributed by atoms with Gasteiger partial charge >= 0.3 is 0 Å². The van der Waals surface area contributed by atoms with Crippen LogP contribution in [-0.2, 0) is 6.54 Å². The maximum atomic E-state index is 5.78. The Bertz CT molecular complexity index is 364. The van der Waals surface area contributed by atoms with Crippen LogP contribution in [0.4, 0.5) is 0 Å². The fourth-order valence-corrected chi connectivity index (χ4v) is 2.14. The van der Waals surface area contributed by atoms with Crippen LogP contribution < -0.4 is 15.4 Å². The summed E-state index contributed by atoms with van der Waals surface area (Å²) in [7, 11) is 1.96. The van der Waals surface area contributed by atoms with Gasteiger partial charge in [-0.15, -0.1) is 0 Å². The number of benzene rings is 1. The van der Waals surface area contributed by atoms with Gasteiger partial charge in [-0.2, -0.15) is 0 Å². The quantitative estimate of drug-likeness (QED) is 0.636. The van der Waals surface area contributed by atoms with E-state index < -0.39 is 0 Å². The number of rotatable bonds is 10. The van der Waals surface area contributed by atoms with Gasteiger partial charge in [0.05, 0.1) is 6.61 Å². The van der Waals surface area contributed by atoms with E-state index >= 15 is 0 Å². The number of ether oxygens (including phenoxy) is 1. The topological polar surface area (TPSA) is 33.3 Å². The van der Waals surface area contributed by atoms with Crippen LogP contribution in [0.25, 0.3) is 0 Å². The Hall–Kier alpha value is -1.06. The van der Waals surface area contributed by atoms with E-state index in [0.29, 0.717) is 0 Å². The molecule has 0 unspecified atom stereocenters. The Balaban J connectivity index is 1.52. The molecular formula is C16H26N2O. The number of unbranched alkanes of at least 4 members (excludes halogenated alkanes) is 2. The zero-order valence-electron chi connectivity index (χ0n) is 12.0. The van der Waals surface area contributed by atoms with Crippen molar-refractivity contribution in [2.24, 2.45) is 0 Å². The minimum absolute atomic E-state index is 0.826. The highest BCUT2D eigenvalue weighted by molar-refractivity contribution is 5.28. The molecule has 2 rings (SSSR count). The molecular weight excluding hydrogens is 236 g/mol. The van der Waals surface area contributed by atoms with Crippen molar-refractivity contribution in [1.82, 2.24) is 10.6 Å². The molecule has 3 nitrogen and oxygen atoms in total. The van der Waals surface area contributed by atoms with Crippen molar-refractivity contribution in [3.8, 4) is 5.75 Å². The first kappa shape index (κ1) is 14.4. The molecule has 1 aromatic carbocycles. The first-order valence-electron chi connectivity index (χ1n) is 7.48. The Labute approximate surface area is 116 Å². The average Bonchev–Trinajstić information content (AvgIpc) is 3.23. The van der Waals surface area contributed by atoms with E-state index in [4.69, 9.17) is 4.74 Å². The standard InChI is InChI=1S/C16H26N2O/c1-17-13-14-6-5-7-16(12-14)19-11-4-2-3-10-18-15-8-9-15/h5-7,12,15,17-18H,2-4,8-11,13H2,1H3. The molecule has 1 aliphatic rings. The second-order valence-electron chi connectivity index (χ2n) is 5.32. The van der Waals surface area contributed by atoms with E-state index in [1.54, 1.807) is 0 Å². The molecule has 0 aromatic heterocycles. The fraction of sp³-hybridized carbons (Fsp3) is 0.625. The van der Waals surface area contributed by atoms with E-state index in [0.717, 1.165) is 31.4 Å². The van der Waals surface area contributed by atoms with Crippen LogP contribution in [-0.4, -0.2) is 26.2 Å². The number of nitrogens with one attached hydrogen (secondary N) is 2. The summed E-state index contributed by atoms with van der Waals surface area (Å²) in [5, 5.41) is 6.69. The highest BCUT2D eigenvalue weighted by Gasteiger charge is 2.19. The summed E-state index contributed by atoms with van der Waals surface area (Å²) in [5.41, 5.74) is 1.27. The lowest BCUT2D eigenvalue weighted by molar-refractivity contribution is 0.304. The first-order chi connectivity index (χ1) is 9.38. The van der Waals surface area contributed by atoms with Crippen LogP contribution in [0.3, 0.4) is 0 Å². The monoisotopic (exact) mass is 262 g/mol. The van der Waals surface area contributed by atoms with Crippen molar-refractivity contribution in [1.29, 1.82) is 0 Å². The average molecular weight is 262 g/mol. The molecule has 0 aliphatic heterocycles. The Morgan fingerprint density at radius 3 is 2.89 bits per heavy atom. The van der Waals surface area contributed by atoms with E-state index in [-0.39, 0.29) is 0 Å². The van der Waals surface area contributed by atoms with Crippen LogP contribution in [0.15, 0.2) is 24.3 Å². The molecule has 19 heavy (non-hydrogen) atoms. The SMILES string of the molecule is CNCc1cccc(OCCCCCNC2CC2)c1. The Kier molecular flexibility index (Phi) is 6.18. The van der Waals surface area contributed by atoms with Crippen LogP contribution in [0.2, 0.25) is 0 Å². The van der Waals surface area contributed by atoms with Crippen LogP contribution in [0.1, 0.15) is 37.7 Å². The van der Waals surface area contributed by atoms with E-state index in [9.17, 15) is 0 Å². The van der Waals surface area contributed by atoms with Crippen molar-refractivity contribution in [2.45, 2.75) is 44.7 Å². The van der Waals surface area contributed by atoms with E-state index in [2.05, 4.69) is 28.8 Å². The van der Waals surface area contributed by atoms with Crippen molar-refractivity contribution < 1.29 is 4.74 Å². The van der Waals surface area contributed by atoms with Gasteiger partial charge in [-0.25, -0.2) is 0 Å². The van der Waals surface area contributed by atoms with Crippen LogP contribution in [0, 0.1) is 0 Å². The van der Waals surface area contributed by atoms with Gasteiger partial charge in [0.15, 0.2) is 0 Å². The lowest BCUT2D eigenvalue weighted by Crippen LogP contribution is -2.17. The summed E-state index contributed by atoms with van der Waals surface area (Å²) in [6.07, 6.45) is 6.41. The predicted molar refractivity (Wildman–Crippen MR) is 79.6 cm³/mol. The summed E-state index contributed by atoms with van der Waals surface area (Å²) in [6.45, 7) is 2.89. The molecule has 0 bridgehead atoms. The lowest BCUT2D eigenvalue weighted by Gasteiger charge is -2.08. The molecule has 1 aromatic rings.